The zero-order chi connectivity index (χ0) is 24.3. The zero-order valence-electron chi connectivity index (χ0n) is 19.9. The SMILES string of the molecule is C[C@@H]1CN(c2cnc(N)cc2F)CCN1c1nccc(C(=O)N[C@H]2C3CC4CC2C[C@](O)(C4)C3)n1. The van der Waals surface area contributed by atoms with Crippen molar-refractivity contribution in [3.8, 4) is 0 Å². The van der Waals surface area contributed by atoms with E-state index in [1.165, 1.54) is 12.3 Å². The van der Waals surface area contributed by atoms with Crippen LogP contribution in [0.4, 0.5) is 21.8 Å². The van der Waals surface area contributed by atoms with E-state index in [1.54, 1.807) is 12.3 Å². The topological polar surface area (TPSA) is 121 Å². The third-order valence-corrected chi connectivity index (χ3v) is 8.49. The van der Waals surface area contributed by atoms with Gasteiger partial charge < -0.3 is 26.0 Å². The second-order valence-corrected chi connectivity index (χ2v) is 11.0. The number of amides is 1. The number of halogens is 1. The Labute approximate surface area is 203 Å². The molecule has 3 atom stereocenters. The molecule has 1 saturated heterocycles. The molecule has 9 nitrogen and oxygen atoms in total. The van der Waals surface area contributed by atoms with Gasteiger partial charge in [-0.2, -0.15) is 0 Å². The lowest BCUT2D eigenvalue weighted by atomic mass is 9.52. The Morgan fingerprint density at radius 3 is 2.69 bits per heavy atom. The van der Waals surface area contributed by atoms with Crippen LogP contribution in [-0.2, 0) is 0 Å². The largest absolute Gasteiger partial charge is 0.390 e. The highest BCUT2D eigenvalue weighted by atomic mass is 19.1. The van der Waals surface area contributed by atoms with Gasteiger partial charge in [0.05, 0.1) is 17.5 Å². The van der Waals surface area contributed by atoms with Gasteiger partial charge in [-0.15, -0.1) is 0 Å². The van der Waals surface area contributed by atoms with E-state index in [0.717, 1.165) is 32.1 Å². The van der Waals surface area contributed by atoms with Crippen LogP contribution >= 0.6 is 0 Å². The van der Waals surface area contributed by atoms with Crippen molar-refractivity contribution in [1.82, 2.24) is 20.3 Å². The first kappa shape index (κ1) is 22.5. The molecule has 4 aliphatic carbocycles. The van der Waals surface area contributed by atoms with Gasteiger partial charge in [-0.1, -0.05) is 0 Å². The molecule has 4 N–H and O–H groups in total. The fourth-order valence-electron chi connectivity index (χ4n) is 7.20. The Hall–Kier alpha value is -3.01. The molecule has 1 aliphatic heterocycles. The molecule has 1 amide bonds. The quantitative estimate of drug-likeness (QED) is 0.606. The molecule has 5 fully saturated rings. The Morgan fingerprint density at radius 1 is 1.23 bits per heavy atom. The summed E-state index contributed by atoms with van der Waals surface area (Å²) >= 11 is 0. The number of carbonyl (C=O) groups excluding carboxylic acids is 1. The number of pyridine rings is 1. The molecule has 5 aliphatic rings. The number of hydrogen-bond acceptors (Lipinski definition) is 8. The van der Waals surface area contributed by atoms with E-state index >= 15 is 0 Å². The van der Waals surface area contributed by atoms with Crippen LogP contribution in [-0.4, -0.2) is 63.3 Å². The summed E-state index contributed by atoms with van der Waals surface area (Å²) < 4.78 is 14.4. The number of piperazine rings is 1. The lowest BCUT2D eigenvalue weighted by molar-refractivity contribution is -0.136. The first-order chi connectivity index (χ1) is 16.8. The molecular formula is C25H32FN7O2. The average Bonchev–Trinajstić information content (AvgIpc) is 2.80. The minimum Gasteiger partial charge on any atom is -0.390 e. The maximum atomic E-state index is 14.4. The standard InChI is InChI=1S/C25H32FN7O2/c1-14-13-32(20-12-29-21(27)8-18(20)26)4-5-33(14)24-28-3-2-19(30-24)23(34)31-22-16-6-15-7-17(22)11-25(35,9-15)10-16/h2-3,8,12,14-17,22,35H,4-7,9-11,13H2,1H3,(H2,27,29)(H,31,34)/t14-,15?,16?,17?,22-,25-/m1/s1. The number of nitrogens with two attached hydrogens (primary N) is 1. The van der Waals surface area contributed by atoms with Crippen molar-refractivity contribution < 1.29 is 14.3 Å². The number of anilines is 3. The van der Waals surface area contributed by atoms with Crippen LogP contribution in [0.25, 0.3) is 0 Å². The minimum absolute atomic E-state index is 0.00387. The van der Waals surface area contributed by atoms with Crippen molar-refractivity contribution in [2.75, 3.05) is 35.2 Å². The van der Waals surface area contributed by atoms with E-state index in [2.05, 4.69) is 20.3 Å². The van der Waals surface area contributed by atoms with Gasteiger partial charge in [-0.3, -0.25) is 4.79 Å². The number of aromatic nitrogens is 3. The molecule has 2 unspecified atom stereocenters. The Bertz CT molecular complexity index is 1130. The van der Waals surface area contributed by atoms with Gasteiger partial charge >= 0.3 is 0 Å². The molecule has 0 aromatic carbocycles. The fourth-order valence-corrected chi connectivity index (χ4v) is 7.20. The minimum atomic E-state index is -0.524. The smallest absolute Gasteiger partial charge is 0.270 e. The number of nitrogens with one attached hydrogen (secondary N) is 1. The second-order valence-electron chi connectivity index (χ2n) is 11.0. The molecule has 4 saturated carbocycles. The van der Waals surface area contributed by atoms with E-state index in [9.17, 15) is 14.3 Å². The first-order valence-electron chi connectivity index (χ1n) is 12.6. The van der Waals surface area contributed by atoms with E-state index in [4.69, 9.17) is 5.73 Å². The van der Waals surface area contributed by atoms with Crippen LogP contribution in [0, 0.1) is 23.6 Å². The zero-order valence-corrected chi connectivity index (χ0v) is 19.9. The van der Waals surface area contributed by atoms with Crippen molar-refractivity contribution in [2.45, 2.75) is 56.7 Å². The predicted octanol–water partition coefficient (Wildman–Crippen LogP) is 1.98. The Morgan fingerprint density at radius 2 is 2.00 bits per heavy atom. The van der Waals surface area contributed by atoms with Gasteiger partial charge in [0.2, 0.25) is 5.95 Å². The Kier molecular flexibility index (Phi) is 5.32. The molecule has 0 spiro atoms. The summed E-state index contributed by atoms with van der Waals surface area (Å²) in [6, 6.07) is 2.99. The van der Waals surface area contributed by atoms with E-state index < -0.39 is 5.60 Å². The van der Waals surface area contributed by atoms with Crippen LogP contribution in [0.2, 0.25) is 0 Å². The molecule has 2 aromatic rings. The number of nitrogens with zero attached hydrogens (tertiary/aromatic N) is 5. The summed E-state index contributed by atoms with van der Waals surface area (Å²) in [7, 11) is 0. The van der Waals surface area contributed by atoms with Crippen molar-refractivity contribution in [1.29, 1.82) is 0 Å². The summed E-state index contributed by atoms with van der Waals surface area (Å²) in [4.78, 5) is 30.2. The summed E-state index contributed by atoms with van der Waals surface area (Å²) in [5.41, 5.74) is 5.84. The van der Waals surface area contributed by atoms with Crippen LogP contribution < -0.4 is 20.9 Å². The lowest BCUT2D eigenvalue weighted by Crippen LogP contribution is -2.61. The number of nitrogen functional groups attached to an aromatic ring is 1. The number of rotatable bonds is 4. The lowest BCUT2D eigenvalue weighted by Gasteiger charge is -2.58. The van der Waals surface area contributed by atoms with Crippen LogP contribution in [0.1, 0.15) is 49.5 Å². The average molecular weight is 482 g/mol. The molecular weight excluding hydrogens is 449 g/mol. The number of carbonyl (C=O) groups is 1. The predicted molar refractivity (Wildman–Crippen MR) is 129 cm³/mol. The van der Waals surface area contributed by atoms with E-state index in [0.29, 0.717) is 54.7 Å². The van der Waals surface area contributed by atoms with E-state index in [-0.39, 0.29) is 29.6 Å². The maximum absolute atomic E-state index is 14.4. The molecule has 0 radical (unpaired) electrons. The van der Waals surface area contributed by atoms with Crippen LogP contribution in [0.15, 0.2) is 24.5 Å². The summed E-state index contributed by atoms with van der Waals surface area (Å²) in [6.45, 7) is 3.76. The van der Waals surface area contributed by atoms with Crippen LogP contribution in [0.3, 0.4) is 0 Å². The number of hydrogen-bond donors (Lipinski definition) is 3. The molecule has 3 heterocycles. The molecule has 2 aromatic heterocycles. The molecule has 7 rings (SSSR count). The monoisotopic (exact) mass is 481 g/mol. The molecule has 186 valence electrons. The third kappa shape index (κ3) is 4.07. The van der Waals surface area contributed by atoms with Crippen molar-refractivity contribution in [3.05, 3.63) is 36.0 Å². The third-order valence-electron chi connectivity index (χ3n) is 8.49. The second kappa shape index (κ2) is 8.29. The summed E-state index contributed by atoms with van der Waals surface area (Å²) in [5, 5.41) is 14.1. The van der Waals surface area contributed by atoms with Gasteiger partial charge in [0, 0.05) is 44.0 Å². The normalized spacial score (nSPS) is 33.7. The highest BCUT2D eigenvalue weighted by Gasteiger charge is 2.55. The Balaban J connectivity index is 1.13. The summed E-state index contributed by atoms with van der Waals surface area (Å²) in [5.74, 6) is 1.37. The molecule has 35 heavy (non-hydrogen) atoms. The number of aliphatic hydroxyl groups is 1. The van der Waals surface area contributed by atoms with Gasteiger partial charge in [0.1, 0.15) is 11.5 Å². The van der Waals surface area contributed by atoms with Gasteiger partial charge in [-0.25, -0.2) is 19.3 Å². The highest BCUT2D eigenvalue weighted by molar-refractivity contribution is 5.92. The summed E-state index contributed by atoms with van der Waals surface area (Å²) in [6.07, 6.45) is 7.76. The fraction of sp³-hybridized carbons (Fsp3) is 0.600. The van der Waals surface area contributed by atoms with Crippen molar-refractivity contribution >= 4 is 23.4 Å². The van der Waals surface area contributed by atoms with Gasteiger partial charge in [0.25, 0.3) is 5.91 Å². The van der Waals surface area contributed by atoms with E-state index in [1.807, 2.05) is 16.7 Å². The maximum Gasteiger partial charge on any atom is 0.270 e. The van der Waals surface area contributed by atoms with Crippen molar-refractivity contribution in [3.63, 3.8) is 0 Å². The van der Waals surface area contributed by atoms with Crippen LogP contribution in [0.5, 0.6) is 0 Å². The highest BCUT2D eigenvalue weighted by Crippen LogP contribution is 2.55. The molecule has 10 heteroatoms. The van der Waals surface area contributed by atoms with Gasteiger partial charge in [-0.05, 0) is 62.8 Å². The molecule has 4 bridgehead atoms. The van der Waals surface area contributed by atoms with Gasteiger partial charge in [0.15, 0.2) is 5.82 Å². The van der Waals surface area contributed by atoms with Crippen molar-refractivity contribution in [2.24, 2.45) is 17.8 Å². The first-order valence-corrected chi connectivity index (χ1v) is 12.6.